The van der Waals surface area contributed by atoms with Gasteiger partial charge in [0.05, 0.1) is 103 Å². The standard InChI is InChI=1S/C77H103ClN22O16S/c1-49-50(2)117-77-66(49)67(52-14-16-53(78)17-15-52)88-56(68-94-93-51(3)100(68)77)44-65(105)81-28-31-112-33-35-114-37-39-116-41-40-115-38-36-113-34-32-111-30-21-62(102)80-23-13-11-9-10-12-22-79-61(101)18-24-85-74(108)70-91-59(47-98(70)7)89-63(103)19-25-84-73(107)58-43-55(46-97(58)6)87-76(110)71-92-60(48-99(71)8)90-64(104)20-26-83-72(106)57-42-54(45-96(57)5)86-75(109)69-82-27-29-95(69)4/h14-17,27,29,42-43,45-48,56H,9-13,18-26,28,30-41,44H2,1-8H3,(H,79,101)(H,80,102)(H,81,105)(H,83,106)(H,84,107)(H,85,108)(H,86,109)(H,87,110)(H,89,103)(H,90,104)/t56-/m0/s1. The largest absolute Gasteiger partial charge is 0.379 e. The van der Waals surface area contributed by atoms with Gasteiger partial charge in [0.15, 0.2) is 23.3 Å². The first kappa shape index (κ1) is 89.6. The van der Waals surface area contributed by atoms with Gasteiger partial charge in [-0.2, -0.15) is 0 Å². The van der Waals surface area contributed by atoms with E-state index in [1.807, 2.05) is 35.8 Å². The Morgan fingerprint density at radius 2 is 0.915 bits per heavy atom. The first-order chi connectivity index (χ1) is 56.4. The summed E-state index contributed by atoms with van der Waals surface area (Å²) in [5, 5.41) is 37.8. The minimum atomic E-state index is -0.638. The maximum Gasteiger partial charge on any atom is 0.291 e. The number of carbonyl (C=O) groups is 10. The normalized spacial score (nSPS) is 12.2. The molecular formula is C77H103ClN22O16S. The monoisotopic (exact) mass is 1660 g/mol. The second-order valence-electron chi connectivity index (χ2n) is 27.3. The van der Waals surface area contributed by atoms with E-state index in [0.717, 1.165) is 65.3 Å². The highest BCUT2D eigenvalue weighted by Gasteiger charge is 2.33. The van der Waals surface area contributed by atoms with Crippen molar-refractivity contribution in [3.63, 3.8) is 0 Å². The van der Waals surface area contributed by atoms with Crippen LogP contribution in [0.4, 0.5) is 23.0 Å². The van der Waals surface area contributed by atoms with Crippen LogP contribution in [0.3, 0.4) is 0 Å². The maximum absolute atomic E-state index is 13.3. The van der Waals surface area contributed by atoms with Crippen LogP contribution in [0.5, 0.6) is 0 Å². The number of aliphatic imine (C=N–C) groups is 1. The summed E-state index contributed by atoms with van der Waals surface area (Å²) in [6.07, 6.45) is 13.6. The van der Waals surface area contributed by atoms with Crippen LogP contribution in [-0.4, -0.2) is 236 Å². The summed E-state index contributed by atoms with van der Waals surface area (Å²) in [4.78, 5) is 147. The quantitative estimate of drug-likeness (QED) is 0.0231. The summed E-state index contributed by atoms with van der Waals surface area (Å²) in [6.45, 7) is 11.9. The number of ether oxygens (including phenoxy) is 6. The molecule has 117 heavy (non-hydrogen) atoms. The number of thiophene rings is 1. The van der Waals surface area contributed by atoms with Crippen LogP contribution in [0, 0.1) is 20.8 Å². The average Bonchev–Trinajstić information content (AvgIpc) is 1.59. The first-order valence-electron chi connectivity index (χ1n) is 38.5. The minimum absolute atomic E-state index is 0.00353. The lowest BCUT2D eigenvalue weighted by atomic mass is 9.99. The van der Waals surface area contributed by atoms with E-state index in [-0.39, 0.29) is 122 Å². The van der Waals surface area contributed by atoms with E-state index in [2.05, 4.69) is 92.2 Å². The highest BCUT2D eigenvalue weighted by Crippen LogP contribution is 2.40. The van der Waals surface area contributed by atoms with E-state index < -0.39 is 47.4 Å². The third-order valence-electron chi connectivity index (χ3n) is 18.3. The molecule has 8 heterocycles. The van der Waals surface area contributed by atoms with Crippen LogP contribution in [0.2, 0.25) is 5.02 Å². The number of amides is 10. The van der Waals surface area contributed by atoms with Crippen LogP contribution < -0.4 is 53.2 Å². The number of carbonyl (C=O) groups excluding carboxylic acids is 10. The molecule has 1 atom stereocenters. The lowest BCUT2D eigenvalue weighted by Crippen LogP contribution is -2.32. The topological polar surface area (TPSA) is 453 Å². The van der Waals surface area contributed by atoms with Crippen molar-refractivity contribution >= 4 is 111 Å². The summed E-state index contributed by atoms with van der Waals surface area (Å²) >= 11 is 7.90. The van der Waals surface area contributed by atoms with Crippen molar-refractivity contribution < 1.29 is 76.4 Å². The van der Waals surface area contributed by atoms with E-state index >= 15 is 0 Å². The lowest BCUT2D eigenvalue weighted by molar-refractivity contribution is -0.123. The zero-order valence-corrected chi connectivity index (χ0v) is 68.6. The van der Waals surface area contributed by atoms with Crippen molar-refractivity contribution in [3.8, 4) is 5.00 Å². The highest BCUT2D eigenvalue weighted by molar-refractivity contribution is 7.15. The molecule has 0 aliphatic carbocycles. The summed E-state index contributed by atoms with van der Waals surface area (Å²) in [5.74, 6) is -2.43. The van der Waals surface area contributed by atoms with Crippen LogP contribution in [-0.2, 0) is 87.6 Å². The molecule has 10 N–H and O–H groups in total. The molecule has 1 aliphatic heterocycles. The fourth-order valence-corrected chi connectivity index (χ4v) is 13.5. The van der Waals surface area contributed by atoms with Gasteiger partial charge in [-0.05, 0) is 63.4 Å². The average molecular weight is 1660 g/mol. The van der Waals surface area contributed by atoms with Gasteiger partial charge in [0.1, 0.15) is 28.3 Å². The number of benzene rings is 1. The molecule has 0 unspecified atom stereocenters. The third kappa shape index (κ3) is 27.7. The second kappa shape index (κ2) is 45.8. The molecule has 0 spiro atoms. The molecule has 9 rings (SSSR count). The van der Waals surface area contributed by atoms with Crippen LogP contribution in [0.25, 0.3) is 5.00 Å². The molecule has 0 saturated carbocycles. The van der Waals surface area contributed by atoms with E-state index in [0.29, 0.717) is 109 Å². The Bertz CT molecular complexity index is 4750. The molecule has 10 amide bonds. The number of halogens is 1. The van der Waals surface area contributed by atoms with E-state index in [9.17, 15) is 47.9 Å². The highest BCUT2D eigenvalue weighted by atomic mass is 35.5. The predicted octanol–water partition coefficient (Wildman–Crippen LogP) is 4.70. The van der Waals surface area contributed by atoms with Crippen molar-refractivity contribution in [1.82, 2.24) is 84.5 Å². The number of nitrogens with one attached hydrogen (secondary N) is 10. The predicted molar refractivity (Wildman–Crippen MR) is 434 cm³/mol. The fourth-order valence-electron chi connectivity index (χ4n) is 12.1. The van der Waals surface area contributed by atoms with Crippen molar-refractivity contribution in [3.05, 3.63) is 141 Å². The van der Waals surface area contributed by atoms with E-state index in [1.165, 1.54) is 60.1 Å². The molecule has 0 saturated heterocycles. The number of nitrogens with zero attached hydrogens (tertiary/aromatic N) is 12. The molecule has 38 nitrogen and oxygen atoms in total. The van der Waals surface area contributed by atoms with Crippen molar-refractivity contribution in [2.75, 3.05) is 140 Å². The summed E-state index contributed by atoms with van der Waals surface area (Å²) in [6, 6.07) is 9.94. The number of anilines is 4. The Kier molecular flexibility index (Phi) is 35.1. The second-order valence-corrected chi connectivity index (χ2v) is 28.9. The lowest BCUT2D eigenvalue weighted by Gasteiger charge is -2.13. The van der Waals surface area contributed by atoms with Gasteiger partial charge in [-0.25, -0.2) is 15.0 Å². The number of hydrogen-bond acceptors (Lipinski definition) is 23. The van der Waals surface area contributed by atoms with Gasteiger partial charge in [-0.15, -0.1) is 21.5 Å². The summed E-state index contributed by atoms with van der Waals surface area (Å²) in [5.41, 5.74) is 4.88. The zero-order valence-electron chi connectivity index (χ0n) is 67.0. The molecule has 40 heteroatoms. The third-order valence-corrected chi connectivity index (χ3v) is 19.7. The fraction of sp³-hybridized carbons (Fsp3) is 0.481. The van der Waals surface area contributed by atoms with Crippen molar-refractivity contribution in [2.45, 2.75) is 91.0 Å². The van der Waals surface area contributed by atoms with Crippen molar-refractivity contribution in [1.29, 1.82) is 0 Å². The molecule has 7 aromatic heterocycles. The maximum atomic E-state index is 13.3. The summed E-state index contributed by atoms with van der Waals surface area (Å²) in [7, 11) is 8.06. The van der Waals surface area contributed by atoms with Crippen LogP contribution >= 0.6 is 22.9 Å². The van der Waals surface area contributed by atoms with Crippen LogP contribution in [0.15, 0.2) is 78.6 Å². The first-order valence-corrected chi connectivity index (χ1v) is 39.7. The SMILES string of the molecule is Cc1sc2c(c1C)C(c1ccc(Cl)cc1)=N[C@@H](CC(=O)NCCOCCOCCOCCOCCOCCOCCC(=O)NCCCCCCCNC(=O)CCNC(=O)c1nc(NC(=O)CCNC(=O)c3cc(NC(=O)c4nc(NC(=O)CCNC(=O)c5cc(NC(=O)c6nccn6C)cn5C)cn4C)cn3C)cn1C)c1nnc(C)n1-2. The Hall–Kier alpha value is -11.3. The number of fused-ring (bicyclic) bond motifs is 3. The van der Waals surface area contributed by atoms with Gasteiger partial charge in [-0.3, -0.25) is 57.5 Å². The molecule has 1 aliphatic rings. The van der Waals surface area contributed by atoms with Gasteiger partial charge in [0.25, 0.3) is 29.5 Å². The molecule has 0 fully saturated rings. The number of aromatic nitrogens is 11. The van der Waals surface area contributed by atoms with Gasteiger partial charge in [-0.1, -0.05) is 43.0 Å². The molecule has 8 aromatic rings. The molecular weight excluding hydrogens is 1560 g/mol. The number of hydrogen-bond donors (Lipinski definition) is 10. The molecule has 0 bridgehead atoms. The molecule has 630 valence electrons. The number of imidazole rings is 3. The van der Waals surface area contributed by atoms with Gasteiger partial charge in [0, 0.05) is 158 Å². The number of unbranched alkanes of at least 4 members (excludes halogenated alkanes) is 4. The Morgan fingerprint density at radius 3 is 1.44 bits per heavy atom. The molecule has 1 aromatic carbocycles. The van der Waals surface area contributed by atoms with Gasteiger partial charge in [0.2, 0.25) is 41.2 Å². The number of rotatable bonds is 50. The van der Waals surface area contributed by atoms with Crippen molar-refractivity contribution in [2.24, 2.45) is 40.2 Å². The number of aryl methyl sites for hydroxylation is 7. The minimum Gasteiger partial charge on any atom is -0.379 e. The van der Waals surface area contributed by atoms with Gasteiger partial charge >= 0.3 is 0 Å². The Balaban J connectivity index is 0.505. The Labute approximate surface area is 685 Å². The van der Waals surface area contributed by atoms with Gasteiger partial charge < -0.3 is 104 Å². The smallest absolute Gasteiger partial charge is 0.291 e. The van der Waals surface area contributed by atoms with E-state index in [4.69, 9.17) is 45.0 Å². The molecule has 0 radical (unpaired) electrons. The van der Waals surface area contributed by atoms with E-state index in [1.54, 1.807) is 63.5 Å². The Morgan fingerprint density at radius 1 is 0.453 bits per heavy atom. The zero-order chi connectivity index (χ0) is 83.8. The summed E-state index contributed by atoms with van der Waals surface area (Å²) < 4.78 is 43.0. The van der Waals surface area contributed by atoms with Crippen LogP contribution in [0.1, 0.15) is 156 Å².